The van der Waals surface area contributed by atoms with Gasteiger partial charge in [-0.15, -0.1) is 0 Å². The molecule has 1 saturated heterocycles. The minimum absolute atomic E-state index is 0.301. The molecule has 1 fully saturated rings. The molecule has 0 aromatic heterocycles. The normalized spacial score (nSPS) is 16.4. The second-order valence-electron chi connectivity index (χ2n) is 8.53. The molecule has 5 heteroatoms. The molecule has 164 valence electrons. The lowest BCUT2D eigenvalue weighted by Crippen LogP contribution is -2.45. The van der Waals surface area contributed by atoms with Gasteiger partial charge in [0.1, 0.15) is 11.5 Å². The minimum atomic E-state index is -0.594. The van der Waals surface area contributed by atoms with Crippen LogP contribution in [-0.2, 0) is 6.54 Å². The topological polar surface area (TPSA) is 56.2 Å². The van der Waals surface area contributed by atoms with E-state index < -0.39 is 5.60 Å². The number of phenolic OH excluding ortho intramolecular Hbond substituents is 1. The van der Waals surface area contributed by atoms with E-state index in [4.69, 9.17) is 4.74 Å². The molecule has 2 aromatic carbocycles. The van der Waals surface area contributed by atoms with E-state index in [9.17, 15) is 10.2 Å². The zero-order valence-corrected chi connectivity index (χ0v) is 18.4. The first-order chi connectivity index (χ1) is 14.5. The van der Waals surface area contributed by atoms with Crippen molar-refractivity contribution in [3.05, 3.63) is 54.1 Å². The summed E-state index contributed by atoms with van der Waals surface area (Å²) in [4.78, 5) is 4.58. The summed E-state index contributed by atoms with van der Waals surface area (Å²) < 4.78 is 5.74. The molecule has 0 spiro atoms. The van der Waals surface area contributed by atoms with E-state index in [1.807, 2.05) is 24.3 Å². The van der Waals surface area contributed by atoms with Gasteiger partial charge in [-0.25, -0.2) is 0 Å². The van der Waals surface area contributed by atoms with Gasteiger partial charge >= 0.3 is 0 Å². The third-order valence-electron chi connectivity index (χ3n) is 6.09. The van der Waals surface area contributed by atoms with Crippen LogP contribution in [0.3, 0.4) is 0 Å². The summed E-state index contributed by atoms with van der Waals surface area (Å²) in [6, 6.07) is 15.6. The number of nitrogens with zero attached hydrogens (tertiary/aromatic N) is 2. The molecule has 30 heavy (non-hydrogen) atoms. The van der Waals surface area contributed by atoms with Crippen LogP contribution in [0.2, 0.25) is 0 Å². The molecular formula is C25H36N2O3. The molecule has 2 N–H and O–H groups in total. The molecule has 0 atom stereocenters. The fourth-order valence-electron chi connectivity index (χ4n) is 3.87. The molecule has 1 aliphatic heterocycles. The van der Waals surface area contributed by atoms with Crippen LogP contribution in [0, 0.1) is 0 Å². The van der Waals surface area contributed by atoms with E-state index in [0.717, 1.165) is 76.3 Å². The van der Waals surface area contributed by atoms with Gasteiger partial charge in [0.2, 0.25) is 0 Å². The second-order valence-corrected chi connectivity index (χ2v) is 8.53. The Morgan fingerprint density at radius 3 is 2.33 bits per heavy atom. The third-order valence-corrected chi connectivity index (χ3v) is 6.09. The van der Waals surface area contributed by atoms with Crippen molar-refractivity contribution in [3.63, 3.8) is 0 Å². The molecule has 0 saturated carbocycles. The van der Waals surface area contributed by atoms with Gasteiger partial charge < -0.3 is 19.8 Å². The maximum atomic E-state index is 11.0. The molecule has 0 bridgehead atoms. The first kappa shape index (κ1) is 22.4. The van der Waals surface area contributed by atoms with Crippen molar-refractivity contribution in [2.24, 2.45) is 0 Å². The predicted octanol–water partition coefficient (Wildman–Crippen LogP) is 4.42. The molecule has 3 rings (SSSR count). The summed E-state index contributed by atoms with van der Waals surface area (Å²) in [7, 11) is 2.08. The SMILES string of the molecule is CCCCOc1ccc(N(C)CCC2(O)CCN(Cc3ccc(O)cc3)CC2)cc1. The average molecular weight is 413 g/mol. The number of phenols is 1. The highest BCUT2D eigenvalue weighted by molar-refractivity contribution is 5.48. The highest BCUT2D eigenvalue weighted by atomic mass is 16.5. The lowest BCUT2D eigenvalue weighted by atomic mass is 9.88. The van der Waals surface area contributed by atoms with Crippen LogP contribution in [0.5, 0.6) is 11.5 Å². The number of piperidine rings is 1. The maximum absolute atomic E-state index is 11.0. The Kier molecular flexibility index (Phi) is 8.00. The Bertz CT molecular complexity index is 753. The summed E-state index contributed by atoms with van der Waals surface area (Å²) in [5.74, 6) is 1.22. The van der Waals surface area contributed by atoms with Gasteiger partial charge in [-0.05, 0) is 67.6 Å². The van der Waals surface area contributed by atoms with Crippen LogP contribution in [0.1, 0.15) is 44.6 Å². The van der Waals surface area contributed by atoms with Crippen molar-refractivity contribution in [1.29, 1.82) is 0 Å². The molecule has 2 aromatic rings. The van der Waals surface area contributed by atoms with Crippen molar-refractivity contribution < 1.29 is 14.9 Å². The third kappa shape index (κ3) is 6.64. The zero-order valence-electron chi connectivity index (χ0n) is 18.4. The zero-order chi connectivity index (χ0) is 21.4. The second kappa shape index (κ2) is 10.7. The highest BCUT2D eigenvalue weighted by Gasteiger charge is 2.32. The average Bonchev–Trinajstić information content (AvgIpc) is 2.76. The van der Waals surface area contributed by atoms with Crippen molar-refractivity contribution >= 4 is 5.69 Å². The molecule has 0 radical (unpaired) electrons. The van der Waals surface area contributed by atoms with Gasteiger partial charge in [0.25, 0.3) is 0 Å². The molecule has 0 unspecified atom stereocenters. The number of anilines is 1. The Morgan fingerprint density at radius 1 is 1.03 bits per heavy atom. The Morgan fingerprint density at radius 2 is 1.70 bits per heavy atom. The number of hydrogen-bond acceptors (Lipinski definition) is 5. The van der Waals surface area contributed by atoms with E-state index >= 15 is 0 Å². The number of rotatable bonds is 10. The van der Waals surface area contributed by atoms with E-state index in [1.165, 1.54) is 5.56 Å². The van der Waals surface area contributed by atoms with Crippen LogP contribution >= 0.6 is 0 Å². The summed E-state index contributed by atoms with van der Waals surface area (Å²) in [5.41, 5.74) is 1.74. The first-order valence-electron chi connectivity index (χ1n) is 11.1. The summed E-state index contributed by atoms with van der Waals surface area (Å²) in [6.45, 7) is 6.40. The van der Waals surface area contributed by atoms with Crippen molar-refractivity contribution in [3.8, 4) is 11.5 Å². The number of aromatic hydroxyl groups is 1. The Balaban J connectivity index is 1.42. The largest absolute Gasteiger partial charge is 0.508 e. The molecule has 1 heterocycles. The predicted molar refractivity (Wildman–Crippen MR) is 122 cm³/mol. The van der Waals surface area contributed by atoms with Gasteiger partial charge in [0, 0.05) is 38.9 Å². The van der Waals surface area contributed by atoms with Crippen molar-refractivity contribution in [2.45, 2.75) is 51.2 Å². The number of unbranched alkanes of at least 4 members (excludes halogenated alkanes) is 1. The molecule has 0 aliphatic carbocycles. The number of benzene rings is 2. The smallest absolute Gasteiger partial charge is 0.119 e. The van der Waals surface area contributed by atoms with Gasteiger partial charge in [-0.1, -0.05) is 25.5 Å². The number of hydrogen-bond donors (Lipinski definition) is 2. The van der Waals surface area contributed by atoms with Gasteiger partial charge in [-0.2, -0.15) is 0 Å². The lowest BCUT2D eigenvalue weighted by molar-refractivity contribution is -0.0275. The number of likely N-dealkylation sites (tertiary alicyclic amines) is 1. The van der Waals surface area contributed by atoms with Crippen molar-refractivity contribution in [1.82, 2.24) is 4.90 Å². The molecule has 1 aliphatic rings. The molecule has 5 nitrogen and oxygen atoms in total. The van der Waals surface area contributed by atoms with Crippen LogP contribution in [-0.4, -0.2) is 54.0 Å². The Labute approximate surface area is 180 Å². The van der Waals surface area contributed by atoms with Crippen LogP contribution in [0.4, 0.5) is 5.69 Å². The summed E-state index contributed by atoms with van der Waals surface area (Å²) in [5, 5.41) is 20.5. The standard InChI is InChI=1S/C25H36N2O3/c1-3-4-19-30-24-11-7-22(8-12-24)26(2)16-13-25(29)14-17-27(18-15-25)20-21-5-9-23(28)10-6-21/h5-12,28-29H,3-4,13-20H2,1-2H3. The van der Waals surface area contributed by atoms with Gasteiger partial charge in [-0.3, -0.25) is 4.90 Å². The van der Waals surface area contributed by atoms with Gasteiger partial charge in [0.05, 0.1) is 12.2 Å². The summed E-state index contributed by atoms with van der Waals surface area (Å²) >= 11 is 0. The maximum Gasteiger partial charge on any atom is 0.119 e. The monoisotopic (exact) mass is 412 g/mol. The number of ether oxygens (including phenoxy) is 1. The van der Waals surface area contributed by atoms with Gasteiger partial charge in [0.15, 0.2) is 0 Å². The molecule has 0 amide bonds. The minimum Gasteiger partial charge on any atom is -0.508 e. The van der Waals surface area contributed by atoms with E-state index in [0.29, 0.717) is 5.75 Å². The van der Waals surface area contributed by atoms with Crippen LogP contribution in [0.25, 0.3) is 0 Å². The van der Waals surface area contributed by atoms with E-state index in [2.05, 4.69) is 35.9 Å². The highest BCUT2D eigenvalue weighted by Crippen LogP contribution is 2.28. The van der Waals surface area contributed by atoms with Crippen molar-refractivity contribution in [2.75, 3.05) is 38.2 Å². The fourth-order valence-corrected chi connectivity index (χ4v) is 3.87. The van der Waals surface area contributed by atoms with E-state index in [1.54, 1.807) is 12.1 Å². The van der Waals surface area contributed by atoms with E-state index in [-0.39, 0.29) is 0 Å². The molecular weight excluding hydrogens is 376 g/mol. The van der Waals surface area contributed by atoms with Crippen LogP contribution in [0.15, 0.2) is 48.5 Å². The van der Waals surface area contributed by atoms with Crippen LogP contribution < -0.4 is 9.64 Å². The Hall–Kier alpha value is -2.24. The fraction of sp³-hybridized carbons (Fsp3) is 0.520. The number of aliphatic hydroxyl groups is 1. The first-order valence-corrected chi connectivity index (χ1v) is 11.1. The summed E-state index contributed by atoms with van der Waals surface area (Å²) in [6.07, 6.45) is 4.57. The quantitative estimate of drug-likeness (QED) is 0.566. The lowest BCUT2D eigenvalue weighted by Gasteiger charge is -2.39.